The number of aliphatic hydroxyl groups is 1. The maximum atomic E-state index is 12.4. The van der Waals surface area contributed by atoms with Crippen molar-refractivity contribution < 1.29 is 5.11 Å². The van der Waals surface area contributed by atoms with Gasteiger partial charge in [-0.3, -0.25) is 4.90 Å². The minimum atomic E-state index is -2.24. The predicted molar refractivity (Wildman–Crippen MR) is 174 cm³/mol. The van der Waals surface area contributed by atoms with Crippen LogP contribution in [0.1, 0.15) is 29.5 Å². The second-order valence-electron chi connectivity index (χ2n) is 11.5. The molecular formula is C38H39NOSi. The van der Waals surface area contributed by atoms with Crippen molar-refractivity contribution in [2.24, 2.45) is 0 Å². The van der Waals surface area contributed by atoms with E-state index in [2.05, 4.69) is 163 Å². The van der Waals surface area contributed by atoms with Crippen LogP contribution in [0.15, 0.2) is 152 Å². The molecule has 0 unspecified atom stereocenters. The molecule has 0 bridgehead atoms. The molecule has 0 amide bonds. The Morgan fingerprint density at radius 2 is 1.00 bits per heavy atom. The summed E-state index contributed by atoms with van der Waals surface area (Å²) in [4.78, 5) is 2.63. The summed E-state index contributed by atoms with van der Waals surface area (Å²) in [5.41, 5.74) is 3.21. The first kappa shape index (κ1) is 27.4. The van der Waals surface area contributed by atoms with Gasteiger partial charge in [0.25, 0.3) is 0 Å². The third-order valence-electron chi connectivity index (χ3n) is 9.19. The average Bonchev–Trinajstić information content (AvgIpc) is 3.54. The summed E-state index contributed by atoms with van der Waals surface area (Å²) in [5, 5.41) is 15.1. The van der Waals surface area contributed by atoms with Crippen molar-refractivity contribution >= 4 is 18.4 Å². The van der Waals surface area contributed by atoms with Crippen LogP contribution in [-0.2, 0) is 5.54 Å². The molecule has 41 heavy (non-hydrogen) atoms. The molecule has 6 rings (SSSR count). The van der Waals surface area contributed by atoms with Crippen molar-refractivity contribution in [2.45, 2.75) is 43.1 Å². The van der Waals surface area contributed by atoms with E-state index in [1.54, 1.807) is 0 Å². The van der Waals surface area contributed by atoms with E-state index in [9.17, 15) is 5.11 Å². The number of hydrogen-bond donors (Lipinski definition) is 1. The first-order valence-corrected chi connectivity index (χ1v) is 17.6. The third kappa shape index (κ3) is 5.10. The number of hydrogen-bond acceptors (Lipinski definition) is 2. The molecule has 0 saturated carbocycles. The molecule has 1 saturated heterocycles. The summed E-state index contributed by atoms with van der Waals surface area (Å²) in [6.07, 6.45) is 1.57. The first-order chi connectivity index (χ1) is 20.1. The highest BCUT2D eigenvalue weighted by Crippen LogP contribution is 2.46. The van der Waals surface area contributed by atoms with Gasteiger partial charge in [0, 0.05) is 12.6 Å². The zero-order valence-electron chi connectivity index (χ0n) is 23.8. The fourth-order valence-corrected chi connectivity index (χ4v) is 11.0. The van der Waals surface area contributed by atoms with Crippen LogP contribution in [0, 0.1) is 0 Å². The molecule has 0 aliphatic carbocycles. The average molecular weight is 554 g/mol. The van der Waals surface area contributed by atoms with Crippen LogP contribution in [0.5, 0.6) is 0 Å². The van der Waals surface area contributed by atoms with Crippen molar-refractivity contribution in [3.63, 3.8) is 0 Å². The van der Waals surface area contributed by atoms with E-state index in [0.29, 0.717) is 0 Å². The fourth-order valence-electron chi connectivity index (χ4n) is 7.21. The molecular weight excluding hydrogens is 515 g/mol. The topological polar surface area (TPSA) is 23.5 Å². The Balaban J connectivity index is 1.48. The van der Waals surface area contributed by atoms with Crippen LogP contribution in [0.2, 0.25) is 12.6 Å². The number of rotatable bonds is 9. The molecule has 1 aliphatic rings. The van der Waals surface area contributed by atoms with Crippen LogP contribution in [0.4, 0.5) is 0 Å². The molecule has 1 N–H and O–H groups in total. The lowest BCUT2D eigenvalue weighted by Crippen LogP contribution is -2.60. The Morgan fingerprint density at radius 1 is 0.634 bits per heavy atom. The lowest BCUT2D eigenvalue weighted by Gasteiger charge is -2.48. The predicted octanol–water partition coefficient (Wildman–Crippen LogP) is 6.70. The van der Waals surface area contributed by atoms with Crippen LogP contribution < -0.4 is 10.4 Å². The highest BCUT2D eigenvalue weighted by atomic mass is 28.3. The van der Waals surface area contributed by atoms with Crippen LogP contribution >= 0.6 is 0 Å². The summed E-state index contributed by atoms with van der Waals surface area (Å²) in [6.45, 7) is 3.36. The Hall–Kier alpha value is -3.76. The second-order valence-corrected chi connectivity index (χ2v) is 15.8. The van der Waals surface area contributed by atoms with Gasteiger partial charge in [-0.1, -0.05) is 169 Å². The molecule has 2 nitrogen and oxygen atoms in total. The van der Waals surface area contributed by atoms with Crippen LogP contribution in [-0.4, -0.2) is 36.8 Å². The normalized spacial score (nSPS) is 16.9. The SMILES string of the molecule is C[Si](C[C@@H](O)[C@H]1CCCN1C(c1ccccc1)(c1ccccc1)c1ccccc1)(c1ccccc1)c1ccccc1. The van der Waals surface area contributed by atoms with Crippen LogP contribution in [0.3, 0.4) is 0 Å². The number of nitrogens with zero attached hydrogens (tertiary/aromatic N) is 1. The van der Waals surface area contributed by atoms with Gasteiger partial charge in [-0.15, -0.1) is 0 Å². The molecule has 5 aromatic rings. The lowest BCUT2D eigenvalue weighted by molar-refractivity contribution is 0.0431. The minimum absolute atomic E-state index is 0.0230. The summed E-state index contributed by atoms with van der Waals surface area (Å²) < 4.78 is 0. The molecule has 5 aromatic carbocycles. The van der Waals surface area contributed by atoms with Crippen molar-refractivity contribution in [3.8, 4) is 0 Å². The fraction of sp³-hybridized carbons (Fsp3) is 0.211. The summed E-state index contributed by atoms with van der Waals surface area (Å²) >= 11 is 0. The van der Waals surface area contributed by atoms with Crippen LogP contribution in [0.25, 0.3) is 0 Å². The Kier molecular flexibility index (Phi) is 8.02. The number of likely N-dealkylation sites (tertiary alicyclic amines) is 1. The van der Waals surface area contributed by atoms with Crippen molar-refractivity contribution in [2.75, 3.05) is 6.54 Å². The van der Waals surface area contributed by atoms with Gasteiger partial charge < -0.3 is 5.11 Å². The highest BCUT2D eigenvalue weighted by molar-refractivity contribution is 7.01. The van der Waals surface area contributed by atoms with Gasteiger partial charge in [0.05, 0.1) is 11.6 Å². The molecule has 0 aromatic heterocycles. The molecule has 1 fully saturated rings. The van der Waals surface area contributed by atoms with Crippen molar-refractivity contribution in [1.82, 2.24) is 4.90 Å². The minimum Gasteiger partial charge on any atom is -0.392 e. The molecule has 1 heterocycles. The van der Waals surface area contributed by atoms with Gasteiger partial charge >= 0.3 is 0 Å². The van der Waals surface area contributed by atoms with E-state index in [-0.39, 0.29) is 6.04 Å². The maximum absolute atomic E-state index is 12.4. The number of benzene rings is 5. The number of aliphatic hydroxyl groups excluding tert-OH is 1. The summed E-state index contributed by atoms with van der Waals surface area (Å²) in [5.74, 6) is 0. The maximum Gasteiger partial charge on any atom is 0.117 e. The molecule has 0 radical (unpaired) electrons. The first-order valence-electron chi connectivity index (χ1n) is 14.9. The van der Waals surface area contributed by atoms with E-state index < -0.39 is 19.7 Å². The van der Waals surface area contributed by atoms with Gasteiger partial charge in [0.15, 0.2) is 0 Å². The van der Waals surface area contributed by atoms with Crippen molar-refractivity contribution in [3.05, 3.63) is 168 Å². The zero-order valence-corrected chi connectivity index (χ0v) is 24.8. The van der Waals surface area contributed by atoms with E-state index in [1.165, 1.54) is 27.1 Å². The molecule has 3 heteroatoms. The van der Waals surface area contributed by atoms with Gasteiger partial charge in [0.2, 0.25) is 0 Å². The van der Waals surface area contributed by atoms with E-state index >= 15 is 0 Å². The Labute approximate surface area is 246 Å². The highest BCUT2D eigenvalue weighted by Gasteiger charge is 2.49. The molecule has 1 aliphatic heterocycles. The van der Waals surface area contributed by atoms with Gasteiger partial charge in [-0.2, -0.15) is 0 Å². The van der Waals surface area contributed by atoms with E-state index in [1.807, 2.05) is 0 Å². The lowest BCUT2D eigenvalue weighted by atomic mass is 9.75. The molecule has 206 valence electrons. The monoisotopic (exact) mass is 553 g/mol. The summed E-state index contributed by atoms with van der Waals surface area (Å²) in [7, 11) is -2.24. The smallest absolute Gasteiger partial charge is 0.117 e. The molecule has 0 spiro atoms. The van der Waals surface area contributed by atoms with Gasteiger partial charge in [-0.25, -0.2) is 0 Å². The van der Waals surface area contributed by atoms with E-state index in [0.717, 1.165) is 25.4 Å². The Bertz CT molecular complexity index is 1370. The molecule has 2 atom stereocenters. The van der Waals surface area contributed by atoms with Crippen molar-refractivity contribution in [1.29, 1.82) is 0 Å². The zero-order chi connectivity index (χ0) is 28.1. The third-order valence-corrected chi connectivity index (χ3v) is 13.6. The largest absolute Gasteiger partial charge is 0.392 e. The summed E-state index contributed by atoms with van der Waals surface area (Å²) in [6, 6.07) is 55.3. The van der Waals surface area contributed by atoms with E-state index in [4.69, 9.17) is 0 Å². The quantitative estimate of drug-likeness (QED) is 0.162. The second kappa shape index (κ2) is 12.0. The standard InChI is InChI=1S/C38H39NOSi/c1-41(34-24-13-5-14-25-34,35-26-15-6-16-27-35)30-37(40)36-28-17-29-39(36)38(31-18-7-2-8-19-31,32-20-9-3-10-21-32)33-22-11-4-12-23-33/h2-16,18-27,36-37,40H,17,28-30H2,1H3/t36-,37-/m1/s1. The van der Waals surface area contributed by atoms with Gasteiger partial charge in [0.1, 0.15) is 8.07 Å². The Morgan fingerprint density at radius 3 is 1.39 bits per heavy atom. The van der Waals surface area contributed by atoms with Gasteiger partial charge in [-0.05, 0) is 35.6 Å².